The fourth-order valence-corrected chi connectivity index (χ4v) is 4.24. The van der Waals surface area contributed by atoms with Gasteiger partial charge in [-0.05, 0) is 51.5 Å². The number of hydrogen-bond acceptors (Lipinski definition) is 4. The average Bonchev–Trinajstić information content (AvgIpc) is 2.83. The molecular weight excluding hydrogens is 356 g/mol. The maximum absolute atomic E-state index is 12.7. The fourth-order valence-electron chi connectivity index (χ4n) is 3.49. The SMILES string of the molecule is CC(C)(C)[N+]1(C(=O)O)CCCC[C@H](NC(=O)c2sccc2NC(N)=O)C1. The van der Waals surface area contributed by atoms with Crippen LogP contribution in [0.3, 0.4) is 0 Å². The average molecular weight is 383 g/mol. The molecule has 2 rings (SSSR count). The van der Waals surface area contributed by atoms with Gasteiger partial charge in [0.15, 0.2) is 0 Å². The van der Waals surface area contributed by atoms with Gasteiger partial charge in [-0.1, -0.05) is 0 Å². The number of thiophene rings is 1. The number of quaternary nitrogens is 1. The predicted octanol–water partition coefficient (Wildman–Crippen LogP) is 2.81. The number of likely N-dealkylation sites (tertiary alicyclic amines) is 1. The number of carbonyl (C=O) groups excluding carboxylic acids is 2. The summed E-state index contributed by atoms with van der Waals surface area (Å²) in [6.45, 7) is 6.62. The van der Waals surface area contributed by atoms with Crippen LogP contribution in [0.2, 0.25) is 0 Å². The second-order valence-corrected chi connectivity index (χ2v) is 8.56. The zero-order chi connectivity index (χ0) is 19.5. The lowest BCUT2D eigenvalue weighted by Gasteiger charge is -2.44. The molecule has 5 N–H and O–H groups in total. The second-order valence-electron chi connectivity index (χ2n) is 7.65. The lowest BCUT2D eigenvalue weighted by atomic mass is 10.0. The van der Waals surface area contributed by atoms with Gasteiger partial charge in [0.05, 0.1) is 18.3 Å². The first-order valence-corrected chi connectivity index (χ1v) is 9.50. The number of nitrogens with two attached hydrogens (primary N) is 1. The Labute approximate surface area is 156 Å². The van der Waals surface area contributed by atoms with E-state index in [1.54, 1.807) is 11.4 Å². The third-order valence-corrected chi connectivity index (χ3v) is 5.90. The van der Waals surface area contributed by atoms with Crippen molar-refractivity contribution in [3.8, 4) is 0 Å². The number of amides is 4. The van der Waals surface area contributed by atoms with Gasteiger partial charge in [0, 0.05) is 0 Å². The van der Waals surface area contributed by atoms with Gasteiger partial charge in [0.1, 0.15) is 17.0 Å². The second kappa shape index (κ2) is 7.63. The summed E-state index contributed by atoms with van der Waals surface area (Å²) in [6, 6.07) is 0.620. The molecule has 2 heterocycles. The Hall–Kier alpha value is -2.13. The normalized spacial score (nSPS) is 23.7. The third kappa shape index (κ3) is 4.16. The molecule has 0 spiro atoms. The van der Waals surface area contributed by atoms with Crippen LogP contribution in [0.25, 0.3) is 0 Å². The van der Waals surface area contributed by atoms with Gasteiger partial charge in [-0.2, -0.15) is 4.79 Å². The quantitative estimate of drug-likeness (QED) is 0.600. The van der Waals surface area contributed by atoms with Gasteiger partial charge >= 0.3 is 12.1 Å². The van der Waals surface area contributed by atoms with Crippen molar-refractivity contribution in [2.45, 2.75) is 51.6 Å². The van der Waals surface area contributed by atoms with Crippen LogP contribution in [0.5, 0.6) is 0 Å². The Kier molecular flexibility index (Phi) is 5.92. The van der Waals surface area contributed by atoms with E-state index < -0.39 is 17.7 Å². The molecule has 1 unspecified atom stereocenters. The molecule has 9 heteroatoms. The molecule has 0 aliphatic carbocycles. The minimum absolute atomic E-state index is 0.0885. The third-order valence-electron chi connectivity index (χ3n) is 4.99. The van der Waals surface area contributed by atoms with E-state index in [2.05, 4.69) is 10.6 Å². The van der Waals surface area contributed by atoms with Crippen molar-refractivity contribution >= 4 is 35.1 Å². The summed E-state index contributed by atoms with van der Waals surface area (Å²) in [4.78, 5) is 36.2. The Balaban J connectivity index is 2.20. The van der Waals surface area contributed by atoms with Crippen LogP contribution in [0.4, 0.5) is 15.3 Å². The number of carbonyl (C=O) groups is 3. The van der Waals surface area contributed by atoms with E-state index in [1.807, 2.05) is 20.8 Å². The summed E-state index contributed by atoms with van der Waals surface area (Å²) in [5, 5.41) is 17.0. The lowest BCUT2D eigenvalue weighted by Crippen LogP contribution is -2.66. The van der Waals surface area contributed by atoms with Crippen LogP contribution < -0.4 is 16.4 Å². The van der Waals surface area contributed by atoms with Crippen molar-refractivity contribution in [1.82, 2.24) is 5.32 Å². The largest absolute Gasteiger partial charge is 0.514 e. The Morgan fingerprint density at radius 3 is 2.58 bits per heavy atom. The molecule has 1 aromatic heterocycles. The van der Waals surface area contributed by atoms with Gasteiger partial charge in [-0.3, -0.25) is 4.79 Å². The highest BCUT2D eigenvalue weighted by molar-refractivity contribution is 7.12. The Morgan fingerprint density at radius 1 is 1.31 bits per heavy atom. The van der Waals surface area contributed by atoms with Crippen LogP contribution >= 0.6 is 11.3 Å². The maximum Gasteiger partial charge on any atom is 0.514 e. The Bertz CT molecular complexity index is 697. The van der Waals surface area contributed by atoms with Crippen LogP contribution in [-0.4, -0.2) is 52.3 Å². The van der Waals surface area contributed by atoms with E-state index in [4.69, 9.17) is 5.73 Å². The number of nitrogens with zero attached hydrogens (tertiary/aromatic N) is 1. The topological polar surface area (TPSA) is 122 Å². The van der Waals surface area contributed by atoms with E-state index >= 15 is 0 Å². The van der Waals surface area contributed by atoms with Gasteiger partial charge < -0.3 is 21.5 Å². The molecule has 0 aromatic carbocycles. The molecule has 144 valence electrons. The van der Waals surface area contributed by atoms with Crippen molar-refractivity contribution in [2.75, 3.05) is 18.4 Å². The van der Waals surface area contributed by atoms with Crippen LogP contribution in [0.15, 0.2) is 11.4 Å². The van der Waals surface area contributed by atoms with E-state index in [1.165, 1.54) is 11.3 Å². The van der Waals surface area contributed by atoms with Crippen molar-refractivity contribution in [2.24, 2.45) is 5.73 Å². The van der Waals surface area contributed by atoms with E-state index in [-0.39, 0.29) is 16.4 Å². The molecule has 1 aliphatic heterocycles. The summed E-state index contributed by atoms with van der Waals surface area (Å²) < 4.78 is -0.0885. The molecule has 0 saturated carbocycles. The molecule has 1 aliphatic rings. The molecular formula is C17H27N4O4S+. The summed E-state index contributed by atoms with van der Waals surface area (Å²) in [7, 11) is 0. The highest BCUT2D eigenvalue weighted by atomic mass is 32.1. The molecule has 26 heavy (non-hydrogen) atoms. The number of hydrogen-bond donors (Lipinski definition) is 4. The lowest BCUT2D eigenvalue weighted by molar-refractivity contribution is -0.903. The number of carboxylic acid groups (broad SMARTS) is 1. The summed E-state index contributed by atoms with van der Waals surface area (Å²) in [6.07, 6.45) is 1.50. The van der Waals surface area contributed by atoms with E-state index in [9.17, 15) is 19.5 Å². The summed E-state index contributed by atoms with van der Waals surface area (Å²) >= 11 is 1.20. The zero-order valence-corrected chi connectivity index (χ0v) is 16.2. The van der Waals surface area contributed by atoms with Crippen molar-refractivity contribution in [3.05, 3.63) is 16.3 Å². The fraction of sp³-hybridized carbons (Fsp3) is 0.588. The zero-order valence-electron chi connectivity index (χ0n) is 15.4. The molecule has 1 aromatic rings. The maximum atomic E-state index is 12.7. The van der Waals surface area contributed by atoms with Gasteiger partial charge in [0.2, 0.25) is 0 Å². The number of urea groups is 1. The van der Waals surface area contributed by atoms with Crippen molar-refractivity contribution < 1.29 is 24.0 Å². The van der Waals surface area contributed by atoms with Crippen LogP contribution in [-0.2, 0) is 0 Å². The predicted molar refractivity (Wildman–Crippen MR) is 100 cm³/mol. The van der Waals surface area contributed by atoms with Gasteiger partial charge in [0.25, 0.3) is 5.91 Å². The van der Waals surface area contributed by atoms with Gasteiger partial charge in [-0.25, -0.2) is 9.28 Å². The minimum Gasteiger partial charge on any atom is -0.435 e. The molecule has 0 radical (unpaired) electrons. The molecule has 1 saturated heterocycles. The summed E-state index contributed by atoms with van der Waals surface area (Å²) in [5.41, 5.74) is 5.01. The molecule has 4 amide bonds. The van der Waals surface area contributed by atoms with E-state index in [0.29, 0.717) is 23.7 Å². The highest BCUT2D eigenvalue weighted by Crippen LogP contribution is 2.31. The highest BCUT2D eigenvalue weighted by Gasteiger charge is 2.50. The molecule has 2 atom stereocenters. The standard InChI is InChI=1S/C17H26N4O4S/c1-17(2,3)21(16(24)25)8-5-4-6-11(10-21)19-14(22)13-12(7-9-26-13)20-15(18)23/h7,9,11H,4-6,8,10H2,1-3H3,(H4-,18,19,20,22,23,24,25)/p+1/t11-,21?/m0/s1. The number of primary amides is 1. The van der Waals surface area contributed by atoms with Crippen molar-refractivity contribution in [3.63, 3.8) is 0 Å². The monoisotopic (exact) mass is 383 g/mol. The smallest absolute Gasteiger partial charge is 0.435 e. The van der Waals surface area contributed by atoms with E-state index in [0.717, 1.165) is 19.3 Å². The first-order chi connectivity index (χ1) is 12.1. The Morgan fingerprint density at radius 2 is 2.00 bits per heavy atom. The molecule has 8 nitrogen and oxygen atoms in total. The first-order valence-electron chi connectivity index (χ1n) is 8.62. The number of nitrogens with one attached hydrogen (secondary N) is 2. The van der Waals surface area contributed by atoms with Gasteiger partial charge in [-0.15, -0.1) is 11.3 Å². The number of anilines is 1. The summed E-state index contributed by atoms with van der Waals surface area (Å²) in [5.74, 6) is -0.326. The van der Waals surface area contributed by atoms with Crippen molar-refractivity contribution in [1.29, 1.82) is 0 Å². The molecule has 1 fully saturated rings. The molecule has 0 bridgehead atoms. The number of rotatable bonds is 3. The van der Waals surface area contributed by atoms with Crippen LogP contribution in [0, 0.1) is 0 Å². The first kappa shape index (κ1) is 20.2. The van der Waals surface area contributed by atoms with Crippen LogP contribution in [0.1, 0.15) is 49.7 Å². The minimum atomic E-state index is -0.870.